The van der Waals surface area contributed by atoms with E-state index in [9.17, 15) is 0 Å². The lowest BCUT2D eigenvalue weighted by Gasteiger charge is -2.46. The van der Waals surface area contributed by atoms with E-state index in [2.05, 4.69) is 162 Å². The third kappa shape index (κ3) is 3.03. The largest absolute Gasteiger partial charge is 0.354 e. The second-order valence-electron chi connectivity index (χ2n) is 10.2. The summed E-state index contributed by atoms with van der Waals surface area (Å²) in [5.74, 6) is 0. The normalized spacial score (nSPS) is 13.8. The van der Waals surface area contributed by atoms with Crippen molar-refractivity contribution in [1.29, 1.82) is 0 Å². The number of rotatable bonds is 3. The first kappa shape index (κ1) is 22.0. The molecule has 6 aromatic carbocycles. The lowest BCUT2D eigenvalue weighted by Crippen LogP contribution is -2.38. The topological polar surface area (TPSA) is 19.0 Å². The summed E-state index contributed by atoms with van der Waals surface area (Å²) >= 11 is 0. The van der Waals surface area contributed by atoms with Gasteiger partial charge in [-0.3, -0.25) is 0 Å². The van der Waals surface area contributed by atoms with Gasteiger partial charge in [-0.2, -0.15) is 0 Å². The second kappa shape index (κ2) is 8.47. The molecule has 39 heavy (non-hydrogen) atoms. The average molecular weight is 499 g/mol. The molecule has 7 aromatic rings. The van der Waals surface area contributed by atoms with Crippen LogP contribution in [-0.2, 0) is 5.41 Å². The molecule has 0 unspecified atom stereocenters. The van der Waals surface area contributed by atoms with Gasteiger partial charge in [0.2, 0.25) is 0 Å². The van der Waals surface area contributed by atoms with Gasteiger partial charge in [0.15, 0.2) is 0 Å². The van der Waals surface area contributed by atoms with Crippen molar-refractivity contribution in [2.45, 2.75) is 5.41 Å². The number of para-hydroxylation sites is 3. The molecule has 0 aliphatic carbocycles. The van der Waals surface area contributed by atoms with E-state index in [1.54, 1.807) is 0 Å². The van der Waals surface area contributed by atoms with Crippen molar-refractivity contribution in [2.75, 3.05) is 4.90 Å². The quantitative estimate of drug-likeness (QED) is 0.257. The minimum Gasteiger partial charge on any atom is -0.354 e. The summed E-state index contributed by atoms with van der Waals surface area (Å²) in [7, 11) is 0. The van der Waals surface area contributed by atoms with E-state index < -0.39 is 5.41 Å². The van der Waals surface area contributed by atoms with Crippen LogP contribution in [0.1, 0.15) is 22.3 Å². The maximum Gasteiger partial charge on any atom is 0.0763 e. The molecule has 1 aliphatic heterocycles. The number of nitrogens with zero attached hydrogens (tertiary/aromatic N) is 1. The van der Waals surface area contributed by atoms with Crippen molar-refractivity contribution in [2.24, 2.45) is 0 Å². The SMILES string of the molecule is c1ccc(N2c3ccccc3C(c3ccccc3)(c3ccccc3)c3c2ccc2c3[nH]c3ccccc32)cc1. The summed E-state index contributed by atoms with van der Waals surface area (Å²) in [4.78, 5) is 6.31. The van der Waals surface area contributed by atoms with Crippen molar-refractivity contribution in [1.82, 2.24) is 4.98 Å². The Morgan fingerprint density at radius 3 is 1.77 bits per heavy atom. The van der Waals surface area contributed by atoms with E-state index >= 15 is 0 Å². The van der Waals surface area contributed by atoms with Crippen LogP contribution >= 0.6 is 0 Å². The van der Waals surface area contributed by atoms with Crippen LogP contribution in [0.2, 0.25) is 0 Å². The molecule has 8 rings (SSSR count). The molecule has 0 spiro atoms. The highest BCUT2D eigenvalue weighted by Crippen LogP contribution is 2.59. The zero-order chi connectivity index (χ0) is 25.8. The summed E-state index contributed by atoms with van der Waals surface area (Å²) in [5.41, 5.74) is 10.4. The number of hydrogen-bond donors (Lipinski definition) is 1. The maximum atomic E-state index is 3.88. The molecule has 0 radical (unpaired) electrons. The van der Waals surface area contributed by atoms with Crippen molar-refractivity contribution >= 4 is 38.9 Å². The van der Waals surface area contributed by atoms with Gasteiger partial charge in [-0.15, -0.1) is 0 Å². The molecule has 184 valence electrons. The Hall–Kier alpha value is -5.08. The zero-order valence-corrected chi connectivity index (χ0v) is 21.4. The molecular weight excluding hydrogens is 472 g/mol. The van der Waals surface area contributed by atoms with E-state index in [-0.39, 0.29) is 0 Å². The van der Waals surface area contributed by atoms with E-state index in [1.165, 1.54) is 49.9 Å². The molecule has 0 amide bonds. The standard InChI is InChI=1S/C37H26N2/c1-4-14-26(15-5-1)37(27-16-6-2-7-17-27)31-21-11-13-23-33(31)39(28-18-8-3-9-19-28)34-25-24-30-29-20-10-12-22-32(29)38-36(30)35(34)37/h1-25,38H. The van der Waals surface area contributed by atoms with Gasteiger partial charge in [-0.1, -0.05) is 121 Å². The second-order valence-corrected chi connectivity index (χ2v) is 10.2. The lowest BCUT2D eigenvalue weighted by molar-refractivity contribution is 0.737. The molecule has 0 atom stereocenters. The molecule has 1 aliphatic rings. The van der Waals surface area contributed by atoms with Crippen molar-refractivity contribution in [3.63, 3.8) is 0 Å². The molecule has 0 bridgehead atoms. The van der Waals surface area contributed by atoms with Crippen molar-refractivity contribution in [3.8, 4) is 0 Å². The molecule has 2 heteroatoms. The molecule has 0 fully saturated rings. The van der Waals surface area contributed by atoms with Crippen LogP contribution in [0.4, 0.5) is 17.1 Å². The predicted octanol–water partition coefficient (Wildman–Crippen LogP) is 9.49. The number of hydrogen-bond acceptors (Lipinski definition) is 1. The van der Waals surface area contributed by atoms with Gasteiger partial charge in [0, 0.05) is 27.5 Å². The summed E-state index contributed by atoms with van der Waals surface area (Å²) in [6.07, 6.45) is 0. The van der Waals surface area contributed by atoms with E-state index in [1.807, 2.05) is 0 Å². The summed E-state index contributed by atoms with van der Waals surface area (Å²) in [6.45, 7) is 0. The van der Waals surface area contributed by atoms with Gasteiger partial charge in [0.1, 0.15) is 0 Å². The molecular formula is C37H26N2. The molecule has 1 aromatic heterocycles. The van der Waals surface area contributed by atoms with Gasteiger partial charge in [0.25, 0.3) is 0 Å². The highest BCUT2D eigenvalue weighted by Gasteiger charge is 2.47. The fourth-order valence-corrected chi connectivity index (χ4v) is 6.72. The van der Waals surface area contributed by atoms with Gasteiger partial charge in [-0.25, -0.2) is 0 Å². The summed E-state index contributed by atoms with van der Waals surface area (Å²) < 4.78 is 0. The van der Waals surface area contributed by atoms with Gasteiger partial charge < -0.3 is 9.88 Å². The fourth-order valence-electron chi connectivity index (χ4n) is 6.72. The van der Waals surface area contributed by atoms with Crippen LogP contribution in [0, 0.1) is 0 Å². The van der Waals surface area contributed by atoms with Crippen LogP contribution < -0.4 is 4.90 Å². The first-order valence-corrected chi connectivity index (χ1v) is 13.5. The number of benzene rings is 6. The van der Waals surface area contributed by atoms with Crippen molar-refractivity contribution < 1.29 is 0 Å². The Bertz CT molecular complexity index is 1910. The zero-order valence-electron chi connectivity index (χ0n) is 21.4. The van der Waals surface area contributed by atoms with Crippen LogP contribution in [-0.4, -0.2) is 4.98 Å². The summed E-state index contributed by atoms with van der Waals surface area (Å²) in [6, 6.07) is 54.9. The van der Waals surface area contributed by atoms with E-state index in [4.69, 9.17) is 0 Å². The van der Waals surface area contributed by atoms with Crippen LogP contribution in [0.25, 0.3) is 21.8 Å². The highest BCUT2D eigenvalue weighted by atomic mass is 15.2. The third-order valence-electron chi connectivity index (χ3n) is 8.25. The molecule has 2 heterocycles. The maximum absolute atomic E-state index is 3.88. The van der Waals surface area contributed by atoms with E-state index in [0.717, 1.165) is 11.2 Å². The Balaban J connectivity index is 1.63. The Labute approximate surface area is 227 Å². The first-order valence-electron chi connectivity index (χ1n) is 13.5. The Morgan fingerprint density at radius 1 is 0.462 bits per heavy atom. The van der Waals surface area contributed by atoms with Crippen molar-refractivity contribution in [3.05, 3.63) is 174 Å². The minimum absolute atomic E-state index is 0.528. The molecule has 2 nitrogen and oxygen atoms in total. The number of anilines is 3. The van der Waals surface area contributed by atoms with Crippen LogP contribution in [0.5, 0.6) is 0 Å². The number of fused-ring (bicyclic) bond motifs is 6. The molecule has 0 saturated heterocycles. The van der Waals surface area contributed by atoms with Crippen LogP contribution in [0.3, 0.4) is 0 Å². The third-order valence-corrected chi connectivity index (χ3v) is 8.25. The number of H-pyrrole nitrogens is 1. The highest BCUT2D eigenvalue weighted by molar-refractivity contribution is 6.12. The fraction of sp³-hybridized carbons (Fsp3) is 0.0270. The number of nitrogens with one attached hydrogen (secondary N) is 1. The van der Waals surface area contributed by atoms with E-state index in [0.29, 0.717) is 0 Å². The average Bonchev–Trinajstić information content (AvgIpc) is 3.40. The Kier molecular flexibility index (Phi) is 4.77. The minimum atomic E-state index is -0.528. The Morgan fingerprint density at radius 2 is 1.05 bits per heavy atom. The smallest absolute Gasteiger partial charge is 0.0763 e. The first-order chi connectivity index (χ1) is 19.4. The predicted molar refractivity (Wildman–Crippen MR) is 162 cm³/mol. The van der Waals surface area contributed by atoms with Crippen LogP contribution in [0.15, 0.2) is 152 Å². The molecule has 0 saturated carbocycles. The number of aromatic nitrogens is 1. The van der Waals surface area contributed by atoms with Gasteiger partial charge >= 0.3 is 0 Å². The monoisotopic (exact) mass is 498 g/mol. The molecule has 1 N–H and O–H groups in total. The lowest BCUT2D eigenvalue weighted by atomic mass is 9.62. The van der Waals surface area contributed by atoms with Gasteiger partial charge in [-0.05, 0) is 47.0 Å². The van der Waals surface area contributed by atoms with Gasteiger partial charge in [0.05, 0.1) is 22.3 Å². The summed E-state index contributed by atoms with van der Waals surface area (Å²) in [5, 5.41) is 2.49. The number of aromatic amines is 1.